The fraction of sp³-hybridized carbons (Fsp3) is 0.357. The molecule has 0 aliphatic rings. The second-order valence-electron chi connectivity index (χ2n) is 4.23. The van der Waals surface area contributed by atoms with Crippen molar-refractivity contribution in [1.29, 1.82) is 0 Å². The minimum atomic E-state index is 0.806. The van der Waals surface area contributed by atoms with Crippen molar-refractivity contribution in [2.45, 2.75) is 19.9 Å². The lowest BCUT2D eigenvalue weighted by Crippen LogP contribution is -2.05. The number of nitrogens with zero attached hydrogens (tertiary/aromatic N) is 2. The standard InChI is InChI=1S/C14H19N3/c1-4-11-5-7-12(8-6-11)14-9-13(10-15-2)16-17(14)3/h5-9,15H,4,10H2,1-3H3. The van der Waals surface area contributed by atoms with Crippen molar-refractivity contribution in [2.24, 2.45) is 7.05 Å². The maximum Gasteiger partial charge on any atom is 0.0768 e. The summed E-state index contributed by atoms with van der Waals surface area (Å²) in [6.07, 6.45) is 1.08. The Morgan fingerprint density at radius 3 is 2.53 bits per heavy atom. The Hall–Kier alpha value is -1.61. The highest BCUT2D eigenvalue weighted by atomic mass is 15.3. The van der Waals surface area contributed by atoms with Crippen LogP contribution in [-0.2, 0) is 20.0 Å². The smallest absolute Gasteiger partial charge is 0.0768 e. The maximum atomic E-state index is 4.47. The molecular formula is C14H19N3. The summed E-state index contributed by atoms with van der Waals surface area (Å²) < 4.78 is 1.94. The first-order chi connectivity index (χ1) is 8.24. The monoisotopic (exact) mass is 229 g/mol. The summed E-state index contributed by atoms with van der Waals surface area (Å²) in [4.78, 5) is 0. The predicted octanol–water partition coefficient (Wildman–Crippen LogP) is 2.37. The van der Waals surface area contributed by atoms with E-state index in [9.17, 15) is 0 Å². The Kier molecular flexibility index (Phi) is 3.59. The van der Waals surface area contributed by atoms with Crippen molar-refractivity contribution in [1.82, 2.24) is 15.1 Å². The van der Waals surface area contributed by atoms with E-state index < -0.39 is 0 Å². The molecule has 0 spiro atoms. The van der Waals surface area contributed by atoms with Gasteiger partial charge >= 0.3 is 0 Å². The van der Waals surface area contributed by atoms with E-state index in [2.05, 4.69) is 47.7 Å². The molecule has 1 aromatic heterocycles. The fourth-order valence-electron chi connectivity index (χ4n) is 1.98. The Balaban J connectivity index is 2.31. The summed E-state index contributed by atoms with van der Waals surface area (Å²) in [7, 11) is 3.92. The number of aryl methyl sites for hydroxylation is 2. The average molecular weight is 229 g/mol. The molecule has 3 heteroatoms. The van der Waals surface area contributed by atoms with Gasteiger partial charge in [-0.1, -0.05) is 31.2 Å². The Bertz CT molecular complexity index is 483. The van der Waals surface area contributed by atoms with Crippen LogP contribution in [0.4, 0.5) is 0 Å². The van der Waals surface area contributed by atoms with E-state index in [1.54, 1.807) is 0 Å². The summed E-state index contributed by atoms with van der Waals surface area (Å²) in [5.41, 5.74) is 4.83. The molecule has 0 fully saturated rings. The minimum Gasteiger partial charge on any atom is -0.314 e. The molecule has 0 amide bonds. The summed E-state index contributed by atoms with van der Waals surface area (Å²) in [6, 6.07) is 10.8. The Morgan fingerprint density at radius 1 is 1.24 bits per heavy atom. The fourth-order valence-corrected chi connectivity index (χ4v) is 1.98. The van der Waals surface area contributed by atoms with Crippen LogP contribution in [0.3, 0.4) is 0 Å². The van der Waals surface area contributed by atoms with Gasteiger partial charge in [-0.2, -0.15) is 5.10 Å². The zero-order chi connectivity index (χ0) is 12.3. The lowest BCUT2D eigenvalue weighted by Gasteiger charge is -2.02. The summed E-state index contributed by atoms with van der Waals surface area (Å²) in [6.45, 7) is 2.98. The molecule has 0 unspecified atom stereocenters. The third-order valence-electron chi connectivity index (χ3n) is 2.95. The SMILES string of the molecule is CCc1ccc(-c2cc(CNC)nn2C)cc1. The number of hydrogen-bond acceptors (Lipinski definition) is 2. The van der Waals surface area contributed by atoms with E-state index in [1.807, 2.05) is 18.8 Å². The van der Waals surface area contributed by atoms with Crippen molar-refractivity contribution in [3.05, 3.63) is 41.6 Å². The van der Waals surface area contributed by atoms with E-state index in [-0.39, 0.29) is 0 Å². The van der Waals surface area contributed by atoms with Gasteiger partial charge in [-0.05, 0) is 30.7 Å². The van der Waals surface area contributed by atoms with Gasteiger partial charge in [-0.3, -0.25) is 4.68 Å². The van der Waals surface area contributed by atoms with Gasteiger partial charge in [0.05, 0.1) is 11.4 Å². The average Bonchev–Trinajstić information content (AvgIpc) is 2.71. The highest BCUT2D eigenvalue weighted by molar-refractivity contribution is 5.60. The molecule has 0 aliphatic carbocycles. The number of benzene rings is 1. The van der Waals surface area contributed by atoms with E-state index in [1.165, 1.54) is 11.1 Å². The van der Waals surface area contributed by atoms with Crippen LogP contribution in [0.5, 0.6) is 0 Å². The zero-order valence-corrected chi connectivity index (χ0v) is 10.7. The molecule has 0 saturated carbocycles. The number of aromatic nitrogens is 2. The molecule has 0 saturated heterocycles. The first kappa shape index (κ1) is 11.9. The van der Waals surface area contributed by atoms with Crippen molar-refractivity contribution in [3.63, 3.8) is 0 Å². The van der Waals surface area contributed by atoms with E-state index in [0.717, 1.165) is 24.4 Å². The second kappa shape index (κ2) is 5.15. The van der Waals surface area contributed by atoms with Crippen molar-refractivity contribution >= 4 is 0 Å². The maximum absolute atomic E-state index is 4.47. The number of hydrogen-bond donors (Lipinski definition) is 1. The number of nitrogens with one attached hydrogen (secondary N) is 1. The number of rotatable bonds is 4. The molecule has 1 heterocycles. The molecule has 90 valence electrons. The molecule has 17 heavy (non-hydrogen) atoms. The lowest BCUT2D eigenvalue weighted by atomic mass is 10.1. The molecular weight excluding hydrogens is 210 g/mol. The first-order valence-electron chi connectivity index (χ1n) is 6.01. The largest absolute Gasteiger partial charge is 0.314 e. The van der Waals surface area contributed by atoms with Crippen molar-refractivity contribution in [2.75, 3.05) is 7.05 Å². The van der Waals surface area contributed by atoms with Crippen LogP contribution in [0.1, 0.15) is 18.2 Å². The van der Waals surface area contributed by atoms with Gasteiger partial charge in [0.15, 0.2) is 0 Å². The van der Waals surface area contributed by atoms with Crippen LogP contribution in [0.25, 0.3) is 11.3 Å². The summed E-state index contributed by atoms with van der Waals surface area (Å²) in [5, 5.41) is 7.59. The van der Waals surface area contributed by atoms with Gasteiger partial charge < -0.3 is 5.32 Å². The zero-order valence-electron chi connectivity index (χ0n) is 10.7. The highest BCUT2D eigenvalue weighted by Crippen LogP contribution is 2.20. The van der Waals surface area contributed by atoms with E-state index in [0.29, 0.717) is 0 Å². The Morgan fingerprint density at radius 2 is 1.94 bits per heavy atom. The Labute approximate surface area is 102 Å². The van der Waals surface area contributed by atoms with Crippen LogP contribution in [0.2, 0.25) is 0 Å². The third-order valence-corrected chi connectivity index (χ3v) is 2.95. The highest BCUT2D eigenvalue weighted by Gasteiger charge is 2.06. The van der Waals surface area contributed by atoms with Crippen LogP contribution < -0.4 is 5.32 Å². The quantitative estimate of drug-likeness (QED) is 0.872. The predicted molar refractivity (Wildman–Crippen MR) is 70.8 cm³/mol. The molecule has 0 bridgehead atoms. The van der Waals surface area contributed by atoms with Crippen LogP contribution >= 0.6 is 0 Å². The first-order valence-corrected chi connectivity index (χ1v) is 6.01. The van der Waals surface area contributed by atoms with Gasteiger partial charge in [-0.25, -0.2) is 0 Å². The second-order valence-corrected chi connectivity index (χ2v) is 4.23. The molecule has 0 atom stereocenters. The lowest BCUT2D eigenvalue weighted by molar-refractivity contribution is 0.716. The molecule has 0 radical (unpaired) electrons. The molecule has 2 aromatic rings. The van der Waals surface area contributed by atoms with Crippen LogP contribution in [0.15, 0.2) is 30.3 Å². The molecule has 2 rings (SSSR count). The van der Waals surface area contributed by atoms with Crippen molar-refractivity contribution < 1.29 is 0 Å². The van der Waals surface area contributed by atoms with E-state index >= 15 is 0 Å². The third kappa shape index (κ3) is 2.56. The molecule has 3 nitrogen and oxygen atoms in total. The van der Waals surface area contributed by atoms with Gasteiger partial charge in [0.1, 0.15) is 0 Å². The molecule has 1 N–H and O–H groups in total. The van der Waals surface area contributed by atoms with Crippen LogP contribution in [-0.4, -0.2) is 16.8 Å². The summed E-state index contributed by atoms with van der Waals surface area (Å²) in [5.74, 6) is 0. The van der Waals surface area contributed by atoms with Gasteiger partial charge in [0.2, 0.25) is 0 Å². The van der Waals surface area contributed by atoms with E-state index in [4.69, 9.17) is 0 Å². The summed E-state index contributed by atoms with van der Waals surface area (Å²) >= 11 is 0. The minimum absolute atomic E-state index is 0.806. The topological polar surface area (TPSA) is 29.9 Å². The van der Waals surface area contributed by atoms with Crippen molar-refractivity contribution in [3.8, 4) is 11.3 Å². The van der Waals surface area contributed by atoms with Gasteiger partial charge in [0.25, 0.3) is 0 Å². The normalized spacial score (nSPS) is 10.8. The molecule has 0 aliphatic heterocycles. The molecule has 1 aromatic carbocycles. The van der Waals surface area contributed by atoms with Crippen LogP contribution in [0, 0.1) is 0 Å². The van der Waals surface area contributed by atoms with Gasteiger partial charge in [0, 0.05) is 13.6 Å². The van der Waals surface area contributed by atoms with Gasteiger partial charge in [-0.15, -0.1) is 0 Å².